The summed E-state index contributed by atoms with van der Waals surface area (Å²) in [6, 6.07) is -0.193. The van der Waals surface area contributed by atoms with Gasteiger partial charge in [0.05, 0.1) is 18.7 Å². The highest BCUT2D eigenvalue weighted by atomic mass is 16.5. The lowest BCUT2D eigenvalue weighted by molar-refractivity contribution is -0.137. The van der Waals surface area contributed by atoms with Crippen LogP contribution in [0.2, 0.25) is 0 Å². The monoisotopic (exact) mass is 272 g/mol. The van der Waals surface area contributed by atoms with E-state index in [1.54, 1.807) is 11.9 Å². The highest BCUT2D eigenvalue weighted by Gasteiger charge is 2.31. The predicted molar refractivity (Wildman–Crippen MR) is 71.6 cm³/mol. The van der Waals surface area contributed by atoms with Crippen LogP contribution in [0, 0.1) is 5.92 Å². The molecule has 0 spiro atoms. The molecule has 0 saturated carbocycles. The molecule has 3 unspecified atom stereocenters. The Hall–Kier alpha value is -1.43. The van der Waals surface area contributed by atoms with Gasteiger partial charge in [-0.15, -0.1) is 0 Å². The summed E-state index contributed by atoms with van der Waals surface area (Å²) in [7, 11) is 3.20. The lowest BCUT2D eigenvalue weighted by Gasteiger charge is -2.37. The van der Waals surface area contributed by atoms with E-state index in [4.69, 9.17) is 4.74 Å². The molecule has 0 aliphatic rings. The number of methoxy groups -OCH3 is 1. The summed E-state index contributed by atoms with van der Waals surface area (Å²) in [6.07, 6.45) is 2.05. The number of nitrogens with zero attached hydrogens (tertiary/aromatic N) is 1. The van der Waals surface area contributed by atoms with Gasteiger partial charge in [-0.05, 0) is 5.92 Å². The summed E-state index contributed by atoms with van der Waals surface area (Å²) < 4.78 is 5.34. The number of hydrogen-bond donors (Lipinski definition) is 1. The van der Waals surface area contributed by atoms with Crippen molar-refractivity contribution < 1.29 is 19.1 Å². The van der Waals surface area contributed by atoms with Gasteiger partial charge in [0.15, 0.2) is 0 Å². The van der Waals surface area contributed by atoms with Crippen LogP contribution in [-0.4, -0.2) is 56.4 Å². The molecule has 0 radical (unpaired) electrons. The summed E-state index contributed by atoms with van der Waals surface area (Å²) >= 11 is 0. The minimum Gasteiger partial charge on any atom is -0.379 e. The number of carbonyl (C=O) groups is 3. The maximum absolute atomic E-state index is 11.9. The quantitative estimate of drug-likeness (QED) is 0.577. The van der Waals surface area contributed by atoms with Gasteiger partial charge in [0.2, 0.25) is 12.3 Å². The molecule has 0 aliphatic heterocycles. The van der Waals surface area contributed by atoms with Crippen molar-refractivity contribution in [2.45, 2.75) is 38.8 Å². The maximum Gasteiger partial charge on any atom is 0.242 e. The number of amides is 2. The van der Waals surface area contributed by atoms with Gasteiger partial charge < -0.3 is 19.7 Å². The van der Waals surface area contributed by atoms with Crippen LogP contribution in [0.1, 0.15) is 26.7 Å². The zero-order chi connectivity index (χ0) is 14.8. The van der Waals surface area contributed by atoms with Crippen LogP contribution in [0.3, 0.4) is 0 Å². The molecule has 0 heterocycles. The molecular weight excluding hydrogens is 248 g/mol. The normalized spacial score (nSPS) is 15.2. The molecule has 3 atom stereocenters. The van der Waals surface area contributed by atoms with E-state index < -0.39 is 0 Å². The lowest BCUT2D eigenvalue weighted by atomic mass is 9.91. The first-order chi connectivity index (χ1) is 9.03. The summed E-state index contributed by atoms with van der Waals surface area (Å²) in [5.74, 6) is -0.0135. The Balaban J connectivity index is 4.94. The number of carbonyl (C=O) groups excluding carboxylic acids is 3. The Labute approximate surface area is 114 Å². The number of hydrogen-bond acceptors (Lipinski definition) is 4. The minimum atomic E-state index is -0.336. The van der Waals surface area contributed by atoms with E-state index >= 15 is 0 Å². The van der Waals surface area contributed by atoms with Crippen molar-refractivity contribution in [3.63, 3.8) is 0 Å². The largest absolute Gasteiger partial charge is 0.379 e. The zero-order valence-electron chi connectivity index (χ0n) is 12.1. The maximum atomic E-state index is 11.9. The molecule has 1 N–H and O–H groups in total. The fourth-order valence-corrected chi connectivity index (χ4v) is 2.13. The Morgan fingerprint density at radius 1 is 1.42 bits per heavy atom. The van der Waals surface area contributed by atoms with Crippen LogP contribution in [0.15, 0.2) is 0 Å². The number of rotatable bonds is 10. The molecule has 2 amide bonds. The van der Waals surface area contributed by atoms with Gasteiger partial charge >= 0.3 is 0 Å². The molecule has 0 saturated heterocycles. The highest BCUT2D eigenvalue weighted by molar-refractivity contribution is 5.80. The molecule has 0 rings (SSSR count). The van der Waals surface area contributed by atoms with Crippen molar-refractivity contribution in [2.24, 2.45) is 5.92 Å². The first-order valence-corrected chi connectivity index (χ1v) is 6.42. The minimum absolute atomic E-state index is 0.0511. The third-order valence-corrected chi connectivity index (χ3v) is 3.42. The Morgan fingerprint density at radius 2 is 2.05 bits per heavy atom. The van der Waals surface area contributed by atoms with Crippen LogP contribution >= 0.6 is 0 Å². The fourth-order valence-electron chi connectivity index (χ4n) is 2.13. The van der Waals surface area contributed by atoms with Gasteiger partial charge in [0.25, 0.3) is 0 Å². The van der Waals surface area contributed by atoms with Gasteiger partial charge in [0, 0.05) is 20.6 Å². The fraction of sp³-hybridized carbons (Fsp3) is 0.769. The van der Waals surface area contributed by atoms with Crippen molar-refractivity contribution in [3.05, 3.63) is 0 Å². The van der Waals surface area contributed by atoms with Crippen LogP contribution in [0.5, 0.6) is 0 Å². The second-order valence-electron chi connectivity index (χ2n) is 4.56. The van der Waals surface area contributed by atoms with E-state index in [1.807, 2.05) is 13.8 Å². The molecule has 110 valence electrons. The van der Waals surface area contributed by atoms with E-state index in [0.29, 0.717) is 6.41 Å². The van der Waals surface area contributed by atoms with Crippen molar-refractivity contribution in [3.8, 4) is 0 Å². The van der Waals surface area contributed by atoms with Gasteiger partial charge in [-0.1, -0.05) is 20.3 Å². The first kappa shape index (κ1) is 17.6. The molecule has 0 aromatic carbocycles. The van der Waals surface area contributed by atoms with E-state index in [9.17, 15) is 14.4 Å². The highest BCUT2D eigenvalue weighted by Crippen LogP contribution is 2.20. The lowest BCUT2D eigenvalue weighted by Crippen LogP contribution is -2.51. The van der Waals surface area contributed by atoms with Gasteiger partial charge in [0.1, 0.15) is 6.29 Å². The molecular formula is C13H24N2O4. The van der Waals surface area contributed by atoms with Crippen LogP contribution < -0.4 is 5.32 Å². The van der Waals surface area contributed by atoms with Gasteiger partial charge in [-0.2, -0.15) is 0 Å². The molecule has 6 heteroatoms. The molecule has 0 bridgehead atoms. The van der Waals surface area contributed by atoms with E-state index in [0.717, 1.165) is 12.7 Å². The molecule has 0 aromatic heterocycles. The van der Waals surface area contributed by atoms with Crippen molar-refractivity contribution in [1.82, 2.24) is 10.2 Å². The second kappa shape index (κ2) is 9.49. The van der Waals surface area contributed by atoms with Crippen molar-refractivity contribution in [2.75, 3.05) is 20.7 Å². The third kappa shape index (κ3) is 5.38. The van der Waals surface area contributed by atoms with E-state index in [1.165, 1.54) is 7.11 Å². The molecule has 19 heavy (non-hydrogen) atoms. The van der Waals surface area contributed by atoms with Crippen molar-refractivity contribution in [1.29, 1.82) is 0 Å². The third-order valence-electron chi connectivity index (χ3n) is 3.42. The second-order valence-corrected chi connectivity index (χ2v) is 4.56. The summed E-state index contributed by atoms with van der Waals surface area (Å²) in [5.41, 5.74) is 0. The summed E-state index contributed by atoms with van der Waals surface area (Å²) in [5, 5.41) is 2.35. The number of aldehydes is 1. The summed E-state index contributed by atoms with van der Waals surface area (Å²) in [6.45, 7) is 3.98. The van der Waals surface area contributed by atoms with Gasteiger partial charge in [-0.3, -0.25) is 9.59 Å². The van der Waals surface area contributed by atoms with Crippen LogP contribution in [0.25, 0.3) is 0 Å². The smallest absolute Gasteiger partial charge is 0.242 e. The Morgan fingerprint density at radius 3 is 2.47 bits per heavy atom. The molecule has 0 aromatic rings. The topological polar surface area (TPSA) is 75.7 Å². The number of nitrogens with one attached hydrogen (secondary N) is 1. The van der Waals surface area contributed by atoms with Gasteiger partial charge in [-0.25, -0.2) is 0 Å². The number of ether oxygens (including phenoxy) is 1. The SMILES string of the molecule is CCC(C)C(C(CC=O)OC)N(C)C(=O)CNC=O. The average molecular weight is 272 g/mol. The van der Waals surface area contributed by atoms with Crippen LogP contribution in [0.4, 0.5) is 0 Å². The number of likely N-dealkylation sites (N-methyl/N-ethyl adjacent to an activating group) is 1. The molecule has 6 nitrogen and oxygen atoms in total. The average Bonchev–Trinajstić information content (AvgIpc) is 2.43. The Bertz CT molecular complexity index is 296. The standard InChI is InChI=1S/C13H24N2O4/c1-5-10(2)13(11(19-4)6-7-16)15(3)12(18)8-14-9-17/h7,9-11,13H,5-6,8H2,1-4H3,(H,14,17). The first-order valence-electron chi connectivity index (χ1n) is 6.42. The van der Waals surface area contributed by atoms with E-state index in [-0.39, 0.29) is 36.9 Å². The Kier molecular flexibility index (Phi) is 8.78. The molecule has 0 aliphatic carbocycles. The predicted octanol–water partition coefficient (Wildman–Crippen LogP) is 0.210. The zero-order valence-corrected chi connectivity index (χ0v) is 12.1. The van der Waals surface area contributed by atoms with Crippen LogP contribution in [-0.2, 0) is 19.1 Å². The van der Waals surface area contributed by atoms with E-state index in [2.05, 4.69) is 5.32 Å². The van der Waals surface area contributed by atoms with Crippen molar-refractivity contribution >= 4 is 18.6 Å². The molecule has 0 fully saturated rings. The summed E-state index contributed by atoms with van der Waals surface area (Å²) in [4.78, 5) is 34.5.